The van der Waals surface area contributed by atoms with E-state index >= 15 is 0 Å². The van der Waals surface area contributed by atoms with Gasteiger partial charge in [0.2, 0.25) is 0 Å². The van der Waals surface area contributed by atoms with Crippen LogP contribution in [0.1, 0.15) is 49.1 Å². The summed E-state index contributed by atoms with van der Waals surface area (Å²) in [6.07, 6.45) is 0. The zero-order chi connectivity index (χ0) is 23.1. The van der Waals surface area contributed by atoms with Gasteiger partial charge in [-0.25, -0.2) is 0 Å². The van der Waals surface area contributed by atoms with E-state index in [1.165, 1.54) is 5.56 Å². The van der Waals surface area contributed by atoms with Crippen LogP contribution >= 0.6 is 0 Å². The van der Waals surface area contributed by atoms with E-state index in [2.05, 4.69) is 86.3 Å². The fourth-order valence-electron chi connectivity index (χ4n) is 5.05. The van der Waals surface area contributed by atoms with Crippen LogP contribution in [-0.2, 0) is 15.7 Å². The maximum absolute atomic E-state index is 14.3. The van der Waals surface area contributed by atoms with E-state index in [4.69, 9.17) is 0 Å². The lowest BCUT2D eigenvalue weighted by molar-refractivity contribution is -0.131. The smallest absolute Gasteiger partial charge is 0.194 e. The van der Waals surface area contributed by atoms with Gasteiger partial charge < -0.3 is 4.90 Å². The monoisotopic (exact) mass is 431 g/mol. The second kappa shape index (κ2) is 8.04. The number of rotatable bonds is 4. The van der Waals surface area contributed by atoms with Gasteiger partial charge in [0.05, 0.1) is 0 Å². The Morgan fingerprint density at radius 3 is 1.55 bits per heavy atom. The number of hydrogen-bond donors (Lipinski definition) is 0. The van der Waals surface area contributed by atoms with Crippen molar-refractivity contribution >= 4 is 11.5 Å². The number of ketones is 1. The van der Waals surface area contributed by atoms with Crippen LogP contribution in [0.15, 0.2) is 115 Å². The minimum atomic E-state index is -0.869. The van der Waals surface area contributed by atoms with Crippen LogP contribution < -0.4 is 4.90 Å². The Bertz CT molecular complexity index is 1200. The van der Waals surface area contributed by atoms with E-state index in [-0.39, 0.29) is 17.2 Å². The summed E-state index contributed by atoms with van der Waals surface area (Å²) in [7, 11) is 0. The van der Waals surface area contributed by atoms with Gasteiger partial charge in [0, 0.05) is 5.69 Å². The lowest BCUT2D eigenvalue weighted by Crippen LogP contribution is -2.68. The SMILES string of the molecule is CC(C)(C)c1ccc(N2C(c3ccccc3)C(=O)C2(c2ccccc2)c2ccccc2)cc1. The normalized spacial score (nSPS) is 17.5. The average molecular weight is 432 g/mol. The first-order valence-corrected chi connectivity index (χ1v) is 11.5. The minimum absolute atomic E-state index is 0.0675. The van der Waals surface area contributed by atoms with Gasteiger partial charge in [-0.3, -0.25) is 4.79 Å². The molecule has 4 aromatic carbocycles. The summed E-state index contributed by atoms with van der Waals surface area (Å²) in [4.78, 5) is 16.6. The maximum Gasteiger partial charge on any atom is 0.194 e. The van der Waals surface area contributed by atoms with E-state index in [9.17, 15) is 4.79 Å². The van der Waals surface area contributed by atoms with E-state index in [0.29, 0.717) is 0 Å². The van der Waals surface area contributed by atoms with Crippen molar-refractivity contribution in [2.75, 3.05) is 4.90 Å². The number of anilines is 1. The number of Topliss-reactive ketones (excluding diaryl/α,β-unsaturated/α-hetero) is 1. The molecule has 164 valence electrons. The van der Waals surface area contributed by atoms with Gasteiger partial charge in [0.1, 0.15) is 6.04 Å². The average Bonchev–Trinajstić information content (AvgIpc) is 2.84. The van der Waals surface area contributed by atoms with Gasteiger partial charge >= 0.3 is 0 Å². The highest BCUT2D eigenvalue weighted by Gasteiger charge is 2.62. The summed E-state index contributed by atoms with van der Waals surface area (Å²) in [5.41, 5.74) is 4.53. The molecule has 4 aromatic rings. The number of benzene rings is 4. The van der Waals surface area contributed by atoms with Crippen LogP contribution in [0.4, 0.5) is 5.69 Å². The topological polar surface area (TPSA) is 20.3 Å². The molecule has 1 atom stereocenters. The molecule has 0 aromatic heterocycles. The first kappa shape index (κ1) is 21.2. The zero-order valence-electron chi connectivity index (χ0n) is 19.4. The van der Waals surface area contributed by atoms with Gasteiger partial charge in [-0.15, -0.1) is 0 Å². The molecule has 5 rings (SSSR count). The van der Waals surface area contributed by atoms with E-state index in [1.807, 2.05) is 54.6 Å². The quantitative estimate of drug-likeness (QED) is 0.345. The van der Waals surface area contributed by atoms with Crippen molar-refractivity contribution in [2.45, 2.75) is 37.8 Å². The molecule has 1 aliphatic rings. The molecule has 1 heterocycles. The molecule has 0 amide bonds. The van der Waals surface area contributed by atoms with E-state index < -0.39 is 5.54 Å². The van der Waals surface area contributed by atoms with Gasteiger partial charge in [-0.2, -0.15) is 0 Å². The Labute approximate surface area is 196 Å². The van der Waals surface area contributed by atoms with Crippen LogP contribution in [0.25, 0.3) is 0 Å². The molecular formula is C31H29NO. The standard InChI is InChI=1S/C31H29NO/c1-30(2,3)24-19-21-27(22-20-24)32-28(23-13-7-4-8-14-23)29(33)31(32,25-15-9-5-10-16-25)26-17-11-6-12-18-26/h4-22,28H,1-3H3. The number of carbonyl (C=O) groups is 1. The summed E-state index contributed by atoms with van der Waals surface area (Å²) < 4.78 is 0. The van der Waals surface area contributed by atoms with Crippen molar-refractivity contribution < 1.29 is 4.79 Å². The molecule has 0 aliphatic carbocycles. The highest BCUT2D eigenvalue weighted by atomic mass is 16.1. The Kier molecular flexibility index (Phi) is 5.17. The van der Waals surface area contributed by atoms with Crippen molar-refractivity contribution in [3.05, 3.63) is 138 Å². The van der Waals surface area contributed by atoms with Crippen molar-refractivity contribution in [3.8, 4) is 0 Å². The maximum atomic E-state index is 14.3. The molecule has 1 aliphatic heterocycles. The third kappa shape index (κ3) is 3.38. The second-order valence-corrected chi connectivity index (χ2v) is 9.79. The van der Waals surface area contributed by atoms with Crippen LogP contribution in [0.5, 0.6) is 0 Å². The van der Waals surface area contributed by atoms with Crippen molar-refractivity contribution in [1.82, 2.24) is 0 Å². The van der Waals surface area contributed by atoms with Gasteiger partial charge in [0.15, 0.2) is 11.3 Å². The lowest BCUT2D eigenvalue weighted by Gasteiger charge is -2.58. The number of nitrogens with zero attached hydrogens (tertiary/aromatic N) is 1. The van der Waals surface area contributed by atoms with Crippen LogP contribution in [0.3, 0.4) is 0 Å². The number of carbonyl (C=O) groups excluding carboxylic acids is 1. The van der Waals surface area contributed by atoms with Crippen molar-refractivity contribution in [2.24, 2.45) is 0 Å². The molecule has 1 unspecified atom stereocenters. The van der Waals surface area contributed by atoms with E-state index in [1.54, 1.807) is 0 Å². The van der Waals surface area contributed by atoms with Crippen LogP contribution in [0, 0.1) is 0 Å². The summed E-state index contributed by atoms with van der Waals surface area (Å²) in [5.74, 6) is 0.200. The van der Waals surface area contributed by atoms with Crippen LogP contribution in [-0.4, -0.2) is 5.78 Å². The predicted octanol–water partition coefficient (Wildman–Crippen LogP) is 7.06. The Morgan fingerprint density at radius 2 is 1.09 bits per heavy atom. The molecule has 1 fully saturated rings. The first-order valence-electron chi connectivity index (χ1n) is 11.5. The first-order chi connectivity index (χ1) is 15.9. The molecule has 0 saturated carbocycles. The van der Waals surface area contributed by atoms with Crippen molar-refractivity contribution in [1.29, 1.82) is 0 Å². The third-order valence-corrected chi connectivity index (χ3v) is 6.73. The van der Waals surface area contributed by atoms with Gasteiger partial charge in [0.25, 0.3) is 0 Å². The minimum Gasteiger partial charge on any atom is -0.337 e. The second-order valence-electron chi connectivity index (χ2n) is 9.79. The Morgan fingerprint density at radius 1 is 0.636 bits per heavy atom. The molecule has 33 heavy (non-hydrogen) atoms. The van der Waals surface area contributed by atoms with Gasteiger partial charge in [-0.05, 0) is 39.8 Å². The zero-order valence-corrected chi connectivity index (χ0v) is 19.4. The number of hydrogen-bond acceptors (Lipinski definition) is 2. The molecule has 0 N–H and O–H groups in total. The molecule has 2 heteroatoms. The molecule has 2 nitrogen and oxygen atoms in total. The highest BCUT2D eigenvalue weighted by molar-refractivity contribution is 6.10. The van der Waals surface area contributed by atoms with Crippen molar-refractivity contribution in [3.63, 3.8) is 0 Å². The fourth-order valence-corrected chi connectivity index (χ4v) is 5.05. The highest BCUT2D eigenvalue weighted by Crippen LogP contribution is 2.55. The third-order valence-electron chi connectivity index (χ3n) is 6.73. The summed E-state index contributed by atoms with van der Waals surface area (Å²) in [5, 5.41) is 0. The molecule has 0 radical (unpaired) electrons. The largest absolute Gasteiger partial charge is 0.337 e. The van der Waals surface area contributed by atoms with E-state index in [0.717, 1.165) is 22.4 Å². The summed E-state index contributed by atoms with van der Waals surface area (Å²) in [6, 6.07) is 38.9. The predicted molar refractivity (Wildman–Crippen MR) is 135 cm³/mol. The van der Waals surface area contributed by atoms with Gasteiger partial charge in [-0.1, -0.05) is 124 Å². The summed E-state index contributed by atoms with van der Waals surface area (Å²) in [6.45, 7) is 6.67. The lowest BCUT2D eigenvalue weighted by atomic mass is 9.65. The Hall–Kier alpha value is -3.65. The summed E-state index contributed by atoms with van der Waals surface area (Å²) >= 11 is 0. The molecule has 0 bridgehead atoms. The van der Waals surface area contributed by atoms with Crippen LogP contribution in [0.2, 0.25) is 0 Å². The molecule has 0 spiro atoms. The molecule has 1 saturated heterocycles. The Balaban J connectivity index is 1.74. The molecular weight excluding hydrogens is 402 g/mol. The fraction of sp³-hybridized carbons (Fsp3) is 0.194.